The smallest absolute Gasteiger partial charge is 0.0590 e. The molecule has 1 fully saturated rings. The molecule has 0 saturated carbocycles. The fraction of sp³-hybridized carbons (Fsp3) is 0.846. The van der Waals surface area contributed by atoms with Crippen molar-refractivity contribution in [3.63, 3.8) is 0 Å². The summed E-state index contributed by atoms with van der Waals surface area (Å²) in [7, 11) is 0. The van der Waals surface area contributed by atoms with E-state index in [2.05, 4.69) is 18.8 Å². The zero-order chi connectivity index (χ0) is 10.9. The lowest BCUT2D eigenvalue weighted by atomic mass is 9.99. The molecule has 0 aromatic rings. The summed E-state index contributed by atoms with van der Waals surface area (Å²) in [5.41, 5.74) is 0. The first-order valence-corrected chi connectivity index (χ1v) is 6.32. The van der Waals surface area contributed by atoms with E-state index in [0.29, 0.717) is 12.1 Å². The van der Waals surface area contributed by atoms with E-state index in [-0.39, 0.29) is 0 Å². The Labute approximate surface area is 94.1 Å². The van der Waals surface area contributed by atoms with Crippen LogP contribution in [0.2, 0.25) is 0 Å². The van der Waals surface area contributed by atoms with Crippen LogP contribution in [0.15, 0.2) is 12.7 Å². The van der Waals surface area contributed by atoms with Crippen LogP contribution in [0, 0.1) is 0 Å². The van der Waals surface area contributed by atoms with Crippen LogP contribution in [-0.4, -0.2) is 25.3 Å². The topological polar surface area (TPSA) is 21.3 Å². The van der Waals surface area contributed by atoms with Crippen molar-refractivity contribution in [2.45, 2.75) is 57.6 Å². The predicted molar refractivity (Wildman–Crippen MR) is 65.1 cm³/mol. The minimum Gasteiger partial charge on any atom is -0.378 e. The predicted octanol–water partition coefficient (Wildman–Crippen LogP) is 2.89. The molecular formula is C13H25NO. The Morgan fingerprint density at radius 2 is 2.40 bits per heavy atom. The molecule has 0 aliphatic carbocycles. The molecule has 1 aliphatic rings. The van der Waals surface area contributed by atoms with Gasteiger partial charge in [-0.25, -0.2) is 0 Å². The highest BCUT2D eigenvalue weighted by Gasteiger charge is 2.18. The Morgan fingerprint density at radius 1 is 1.53 bits per heavy atom. The van der Waals surface area contributed by atoms with Gasteiger partial charge in [0.25, 0.3) is 0 Å². The number of hydrogen-bond acceptors (Lipinski definition) is 2. The van der Waals surface area contributed by atoms with Gasteiger partial charge in [-0.3, -0.25) is 0 Å². The van der Waals surface area contributed by atoms with Gasteiger partial charge in [0.05, 0.1) is 6.10 Å². The molecule has 2 unspecified atom stereocenters. The van der Waals surface area contributed by atoms with E-state index >= 15 is 0 Å². The maximum absolute atomic E-state index is 5.77. The van der Waals surface area contributed by atoms with E-state index in [1.54, 1.807) is 0 Å². The van der Waals surface area contributed by atoms with Crippen LogP contribution in [-0.2, 0) is 4.74 Å². The third-order valence-electron chi connectivity index (χ3n) is 3.03. The molecule has 1 heterocycles. The van der Waals surface area contributed by atoms with Crippen molar-refractivity contribution in [3.8, 4) is 0 Å². The van der Waals surface area contributed by atoms with Gasteiger partial charge in [0.15, 0.2) is 0 Å². The van der Waals surface area contributed by atoms with Gasteiger partial charge in [0, 0.05) is 12.6 Å². The molecule has 0 amide bonds. The summed E-state index contributed by atoms with van der Waals surface area (Å²) < 4.78 is 5.77. The second kappa shape index (κ2) is 7.89. The zero-order valence-corrected chi connectivity index (χ0v) is 10.0. The summed E-state index contributed by atoms with van der Waals surface area (Å²) in [4.78, 5) is 0. The number of allylic oxidation sites excluding steroid dienone is 1. The Hall–Kier alpha value is -0.340. The summed E-state index contributed by atoms with van der Waals surface area (Å²) in [6, 6.07) is 0.607. The van der Waals surface area contributed by atoms with Crippen molar-refractivity contribution in [1.82, 2.24) is 5.32 Å². The molecule has 2 nitrogen and oxygen atoms in total. The summed E-state index contributed by atoms with van der Waals surface area (Å²) in [6.07, 6.45) is 9.79. The molecule has 1 aliphatic heterocycles. The maximum Gasteiger partial charge on any atom is 0.0590 e. The normalized spacial score (nSPS) is 23.7. The monoisotopic (exact) mass is 211 g/mol. The highest BCUT2D eigenvalue weighted by molar-refractivity contribution is 4.77. The highest BCUT2D eigenvalue weighted by atomic mass is 16.5. The molecule has 0 aromatic carbocycles. The Morgan fingerprint density at radius 3 is 3.00 bits per heavy atom. The maximum atomic E-state index is 5.77. The summed E-state index contributed by atoms with van der Waals surface area (Å²) in [5.74, 6) is 0. The SMILES string of the molecule is C=CCCC(CC1CCCCO1)NCC. The van der Waals surface area contributed by atoms with Crippen LogP contribution in [0.4, 0.5) is 0 Å². The average molecular weight is 211 g/mol. The van der Waals surface area contributed by atoms with Crippen molar-refractivity contribution in [2.75, 3.05) is 13.2 Å². The van der Waals surface area contributed by atoms with Gasteiger partial charge in [-0.1, -0.05) is 13.0 Å². The van der Waals surface area contributed by atoms with Crippen molar-refractivity contribution in [3.05, 3.63) is 12.7 Å². The van der Waals surface area contributed by atoms with Crippen molar-refractivity contribution < 1.29 is 4.74 Å². The molecule has 1 rings (SSSR count). The van der Waals surface area contributed by atoms with Gasteiger partial charge in [0.2, 0.25) is 0 Å². The molecule has 1 saturated heterocycles. The van der Waals surface area contributed by atoms with Crippen LogP contribution < -0.4 is 5.32 Å². The summed E-state index contributed by atoms with van der Waals surface area (Å²) in [6.45, 7) is 7.96. The highest BCUT2D eigenvalue weighted by Crippen LogP contribution is 2.18. The molecule has 0 radical (unpaired) electrons. The molecule has 1 N–H and O–H groups in total. The summed E-state index contributed by atoms with van der Waals surface area (Å²) in [5, 5.41) is 3.54. The third-order valence-corrected chi connectivity index (χ3v) is 3.03. The van der Waals surface area contributed by atoms with Crippen molar-refractivity contribution >= 4 is 0 Å². The molecule has 0 spiro atoms. The van der Waals surface area contributed by atoms with Crippen LogP contribution in [0.25, 0.3) is 0 Å². The van der Waals surface area contributed by atoms with Gasteiger partial charge in [-0.15, -0.1) is 6.58 Å². The second-order valence-corrected chi connectivity index (χ2v) is 4.34. The van der Waals surface area contributed by atoms with E-state index in [9.17, 15) is 0 Å². The third kappa shape index (κ3) is 5.33. The van der Waals surface area contributed by atoms with E-state index < -0.39 is 0 Å². The fourth-order valence-corrected chi connectivity index (χ4v) is 2.22. The van der Waals surface area contributed by atoms with Crippen LogP contribution in [0.3, 0.4) is 0 Å². The molecule has 0 bridgehead atoms. The molecule has 88 valence electrons. The van der Waals surface area contributed by atoms with Gasteiger partial charge in [-0.2, -0.15) is 0 Å². The lowest BCUT2D eigenvalue weighted by Gasteiger charge is -2.27. The number of hydrogen-bond donors (Lipinski definition) is 1. The lowest BCUT2D eigenvalue weighted by molar-refractivity contribution is 0.00488. The van der Waals surface area contributed by atoms with E-state index in [4.69, 9.17) is 4.74 Å². The van der Waals surface area contributed by atoms with E-state index in [0.717, 1.165) is 19.6 Å². The Kier molecular flexibility index (Phi) is 6.69. The molecular weight excluding hydrogens is 186 g/mol. The van der Waals surface area contributed by atoms with Crippen LogP contribution >= 0.6 is 0 Å². The standard InChI is InChI=1S/C13H25NO/c1-3-5-8-12(14-4-2)11-13-9-6-7-10-15-13/h3,12-14H,1,4-11H2,2H3. The molecule has 15 heavy (non-hydrogen) atoms. The van der Waals surface area contributed by atoms with Gasteiger partial charge >= 0.3 is 0 Å². The minimum absolute atomic E-state index is 0.493. The Balaban J connectivity index is 2.24. The van der Waals surface area contributed by atoms with Gasteiger partial charge in [-0.05, 0) is 45.1 Å². The quantitative estimate of drug-likeness (QED) is 0.654. The zero-order valence-electron chi connectivity index (χ0n) is 10.0. The number of rotatable bonds is 7. The largest absolute Gasteiger partial charge is 0.378 e. The van der Waals surface area contributed by atoms with Gasteiger partial charge in [0.1, 0.15) is 0 Å². The Bertz CT molecular complexity index is 164. The van der Waals surface area contributed by atoms with Crippen LogP contribution in [0.5, 0.6) is 0 Å². The molecule has 2 atom stereocenters. The van der Waals surface area contributed by atoms with Crippen LogP contribution in [0.1, 0.15) is 45.4 Å². The average Bonchev–Trinajstić information content (AvgIpc) is 2.28. The number of ether oxygens (including phenoxy) is 1. The molecule has 2 heteroatoms. The van der Waals surface area contributed by atoms with Crippen molar-refractivity contribution in [2.24, 2.45) is 0 Å². The second-order valence-electron chi connectivity index (χ2n) is 4.34. The first-order valence-electron chi connectivity index (χ1n) is 6.32. The summed E-state index contributed by atoms with van der Waals surface area (Å²) >= 11 is 0. The van der Waals surface area contributed by atoms with Gasteiger partial charge < -0.3 is 10.1 Å². The molecule has 0 aromatic heterocycles. The fourth-order valence-electron chi connectivity index (χ4n) is 2.22. The van der Waals surface area contributed by atoms with E-state index in [1.807, 2.05) is 6.08 Å². The lowest BCUT2D eigenvalue weighted by Crippen LogP contribution is -2.34. The van der Waals surface area contributed by atoms with Crippen molar-refractivity contribution in [1.29, 1.82) is 0 Å². The van der Waals surface area contributed by atoms with E-state index in [1.165, 1.54) is 32.1 Å². The first-order chi connectivity index (χ1) is 7.36. The minimum atomic E-state index is 0.493. The number of nitrogens with one attached hydrogen (secondary N) is 1. The first kappa shape index (κ1) is 12.7.